The van der Waals surface area contributed by atoms with Gasteiger partial charge < -0.3 is 9.88 Å². The van der Waals surface area contributed by atoms with E-state index in [1.54, 1.807) is 23.1 Å². The van der Waals surface area contributed by atoms with Gasteiger partial charge in [0.15, 0.2) is 0 Å². The van der Waals surface area contributed by atoms with Crippen molar-refractivity contribution in [2.75, 3.05) is 18.8 Å². The molecule has 8 heteroatoms. The van der Waals surface area contributed by atoms with E-state index in [1.807, 2.05) is 24.3 Å². The lowest BCUT2D eigenvalue weighted by molar-refractivity contribution is -0.138. The number of rotatable bonds is 3. The van der Waals surface area contributed by atoms with Gasteiger partial charge in [-0.25, -0.2) is 4.39 Å². The van der Waals surface area contributed by atoms with Gasteiger partial charge in [-0.3, -0.25) is 19.3 Å². The number of carbonyl (C=O) groups excluding carboxylic acids is 3. The number of thioether (sulfide) groups is 1. The molecule has 2 aliphatic rings. The monoisotopic (exact) mass is 423 g/mol. The minimum atomic E-state index is -0.657. The first-order valence-corrected chi connectivity index (χ1v) is 10.6. The van der Waals surface area contributed by atoms with Crippen molar-refractivity contribution in [3.8, 4) is 0 Å². The largest absolute Gasteiger partial charge is 0.356 e. The smallest absolute Gasteiger partial charge is 0.289 e. The fraction of sp³-hybridized carbons (Fsp3) is 0.227. The van der Waals surface area contributed by atoms with E-state index in [9.17, 15) is 18.8 Å². The molecule has 0 unspecified atom stereocenters. The van der Waals surface area contributed by atoms with Crippen molar-refractivity contribution >= 4 is 39.7 Å². The molecule has 0 saturated carbocycles. The number of halogens is 1. The quantitative estimate of drug-likeness (QED) is 0.700. The van der Waals surface area contributed by atoms with Crippen molar-refractivity contribution in [3.63, 3.8) is 0 Å². The summed E-state index contributed by atoms with van der Waals surface area (Å²) in [6, 6.07) is 13.6. The topological polar surface area (TPSA) is 73.5 Å². The third kappa shape index (κ3) is 2.99. The van der Waals surface area contributed by atoms with Gasteiger partial charge in [0, 0.05) is 28.7 Å². The van der Waals surface area contributed by atoms with E-state index in [2.05, 4.69) is 4.98 Å². The summed E-state index contributed by atoms with van der Waals surface area (Å²) in [5.41, 5.74) is 3.15. The van der Waals surface area contributed by atoms with Crippen LogP contribution in [-0.2, 0) is 16.0 Å². The van der Waals surface area contributed by atoms with Crippen LogP contribution in [0.1, 0.15) is 22.9 Å². The van der Waals surface area contributed by atoms with Gasteiger partial charge in [0.05, 0.1) is 5.75 Å². The summed E-state index contributed by atoms with van der Waals surface area (Å²) in [5, 5.41) is 0.640. The number of carbonyl (C=O) groups is 3. The molecular formula is C22H18FN3O3S. The summed E-state index contributed by atoms with van der Waals surface area (Å²) in [6.45, 7) is 0.0429. The van der Waals surface area contributed by atoms with Crippen molar-refractivity contribution in [2.45, 2.75) is 12.5 Å². The van der Waals surface area contributed by atoms with Crippen LogP contribution in [0, 0.1) is 5.82 Å². The highest BCUT2D eigenvalue weighted by molar-refractivity contribution is 8.14. The lowest BCUT2D eigenvalue weighted by Gasteiger charge is -2.37. The number of para-hydroxylation sites is 1. The lowest BCUT2D eigenvalue weighted by atomic mass is 9.92. The lowest BCUT2D eigenvalue weighted by Crippen LogP contribution is -2.46. The Morgan fingerprint density at radius 3 is 2.67 bits per heavy atom. The van der Waals surface area contributed by atoms with Gasteiger partial charge in [0.1, 0.15) is 18.4 Å². The molecule has 1 atom stereocenters. The standard InChI is InChI=1S/C22H18FN3O3S/c23-16-7-3-1-6-15(16)21-20-14(13-5-2-4-8-17(13)24-20)9-10-25(21)18(27)11-26-19(28)12-30-22(26)29/h1-8,21,24H,9-12H2/t21-/m0/s1. The molecule has 0 bridgehead atoms. The second kappa shape index (κ2) is 7.28. The number of hydrogen-bond donors (Lipinski definition) is 1. The number of nitrogens with zero attached hydrogens (tertiary/aromatic N) is 2. The van der Waals surface area contributed by atoms with E-state index in [1.165, 1.54) is 6.07 Å². The van der Waals surface area contributed by atoms with Crippen LogP contribution in [0.5, 0.6) is 0 Å². The highest BCUT2D eigenvalue weighted by Gasteiger charge is 2.39. The molecule has 2 aromatic carbocycles. The third-order valence-corrected chi connectivity index (χ3v) is 6.55. The Morgan fingerprint density at radius 2 is 1.90 bits per heavy atom. The van der Waals surface area contributed by atoms with E-state index in [0.29, 0.717) is 18.5 Å². The average Bonchev–Trinajstić information content (AvgIpc) is 3.28. The fourth-order valence-electron chi connectivity index (χ4n) is 4.29. The Hall–Kier alpha value is -3.13. The van der Waals surface area contributed by atoms with Crippen LogP contribution in [0.15, 0.2) is 48.5 Å². The van der Waals surface area contributed by atoms with E-state index in [4.69, 9.17) is 0 Å². The average molecular weight is 423 g/mol. The van der Waals surface area contributed by atoms with Crippen molar-refractivity contribution in [1.29, 1.82) is 0 Å². The molecule has 1 N–H and O–H groups in total. The van der Waals surface area contributed by atoms with Crippen LogP contribution in [0.2, 0.25) is 0 Å². The molecule has 0 radical (unpaired) electrons. The molecule has 1 fully saturated rings. The van der Waals surface area contributed by atoms with Crippen molar-refractivity contribution in [3.05, 3.63) is 71.2 Å². The van der Waals surface area contributed by atoms with Crippen LogP contribution in [-0.4, -0.2) is 50.7 Å². The second-order valence-electron chi connectivity index (χ2n) is 7.36. The van der Waals surface area contributed by atoms with Gasteiger partial charge in [0.25, 0.3) is 5.24 Å². The maximum Gasteiger partial charge on any atom is 0.289 e. The fourth-order valence-corrected chi connectivity index (χ4v) is 5.01. The van der Waals surface area contributed by atoms with Gasteiger partial charge in [-0.15, -0.1) is 0 Å². The van der Waals surface area contributed by atoms with Gasteiger partial charge in [-0.2, -0.15) is 0 Å². The van der Waals surface area contributed by atoms with Crippen LogP contribution >= 0.6 is 11.8 Å². The third-order valence-electron chi connectivity index (χ3n) is 5.69. The number of hydrogen-bond acceptors (Lipinski definition) is 4. The number of benzene rings is 2. The number of nitrogens with one attached hydrogen (secondary N) is 1. The van der Waals surface area contributed by atoms with Crippen molar-refractivity contribution < 1.29 is 18.8 Å². The molecule has 3 heterocycles. The number of fused-ring (bicyclic) bond motifs is 3. The predicted molar refractivity (Wildman–Crippen MR) is 112 cm³/mol. The zero-order chi connectivity index (χ0) is 20.8. The number of H-pyrrole nitrogens is 1. The van der Waals surface area contributed by atoms with E-state index < -0.39 is 17.1 Å². The van der Waals surface area contributed by atoms with Crippen LogP contribution in [0.25, 0.3) is 10.9 Å². The van der Waals surface area contributed by atoms with Gasteiger partial charge in [0.2, 0.25) is 11.8 Å². The number of amides is 3. The molecule has 1 saturated heterocycles. The van der Waals surface area contributed by atoms with E-state index in [-0.39, 0.29) is 24.1 Å². The molecule has 1 aromatic heterocycles. The molecule has 6 nitrogen and oxygen atoms in total. The molecule has 0 aliphatic carbocycles. The normalized spacial score (nSPS) is 18.9. The molecule has 3 amide bonds. The van der Waals surface area contributed by atoms with Gasteiger partial charge in [-0.05, 0) is 24.1 Å². The first-order valence-electron chi connectivity index (χ1n) is 9.65. The summed E-state index contributed by atoms with van der Waals surface area (Å²) in [5.74, 6) is -1.11. The molecule has 30 heavy (non-hydrogen) atoms. The first kappa shape index (κ1) is 18.9. The molecule has 152 valence electrons. The minimum absolute atomic E-state index is 0.0506. The molecule has 3 aromatic rings. The molecule has 2 aliphatic heterocycles. The Kier molecular flexibility index (Phi) is 4.58. The number of aromatic nitrogens is 1. The highest BCUT2D eigenvalue weighted by atomic mass is 32.2. The SMILES string of the molecule is O=C1CSC(=O)N1CC(=O)N1CCc2c([nH]c3ccccc23)[C@@H]1c1ccccc1F. The Bertz CT molecular complexity index is 1180. The van der Waals surface area contributed by atoms with Crippen LogP contribution < -0.4 is 0 Å². The second-order valence-corrected chi connectivity index (χ2v) is 8.29. The zero-order valence-corrected chi connectivity index (χ0v) is 16.7. The maximum atomic E-state index is 14.8. The van der Waals surface area contributed by atoms with Gasteiger partial charge >= 0.3 is 0 Å². The Morgan fingerprint density at radius 1 is 1.13 bits per heavy atom. The number of imide groups is 1. The molecular weight excluding hydrogens is 405 g/mol. The van der Waals surface area contributed by atoms with Gasteiger partial charge in [-0.1, -0.05) is 48.2 Å². The van der Waals surface area contributed by atoms with Crippen molar-refractivity contribution in [2.24, 2.45) is 0 Å². The minimum Gasteiger partial charge on any atom is -0.356 e. The Labute approximate surface area is 176 Å². The zero-order valence-electron chi connectivity index (χ0n) is 15.9. The van der Waals surface area contributed by atoms with Crippen molar-refractivity contribution in [1.82, 2.24) is 14.8 Å². The summed E-state index contributed by atoms with van der Waals surface area (Å²) in [7, 11) is 0. The summed E-state index contributed by atoms with van der Waals surface area (Å²) < 4.78 is 14.8. The molecule has 5 rings (SSSR count). The summed E-state index contributed by atoms with van der Waals surface area (Å²) >= 11 is 0.894. The van der Waals surface area contributed by atoms with Crippen LogP contribution in [0.3, 0.4) is 0 Å². The van der Waals surface area contributed by atoms with E-state index >= 15 is 0 Å². The highest BCUT2D eigenvalue weighted by Crippen LogP contribution is 2.39. The van der Waals surface area contributed by atoms with E-state index in [0.717, 1.165) is 38.8 Å². The first-order chi connectivity index (χ1) is 14.5. The molecule has 0 spiro atoms. The number of aromatic amines is 1. The maximum absolute atomic E-state index is 14.8. The summed E-state index contributed by atoms with van der Waals surface area (Å²) in [6.07, 6.45) is 0.604. The predicted octanol–water partition coefficient (Wildman–Crippen LogP) is 3.48. The van der Waals surface area contributed by atoms with Crippen LogP contribution in [0.4, 0.5) is 9.18 Å². The summed E-state index contributed by atoms with van der Waals surface area (Å²) in [4.78, 5) is 43.0. The Balaban J connectivity index is 1.58.